The average Bonchev–Trinajstić information content (AvgIpc) is 2.78. The van der Waals surface area contributed by atoms with Gasteiger partial charge in [0.05, 0.1) is 6.61 Å². The number of nitrogens with one attached hydrogen (secondary N) is 1. The van der Waals surface area contributed by atoms with Crippen molar-refractivity contribution in [3.8, 4) is 28.3 Å². The molecule has 0 amide bonds. The molecule has 1 aliphatic heterocycles. The van der Waals surface area contributed by atoms with Gasteiger partial charge in [0, 0.05) is 40.7 Å². The number of benzene rings is 2. The van der Waals surface area contributed by atoms with E-state index in [1.54, 1.807) is 36.5 Å². The van der Waals surface area contributed by atoms with Crippen molar-refractivity contribution in [3.63, 3.8) is 0 Å². The summed E-state index contributed by atoms with van der Waals surface area (Å²) in [5.74, 6) is 0.0481. The molecular formula is C24H22FN5O2. The zero-order valence-electron chi connectivity index (χ0n) is 17.7. The van der Waals surface area contributed by atoms with E-state index in [2.05, 4.69) is 19.9 Å². The average molecular weight is 431 g/mol. The summed E-state index contributed by atoms with van der Waals surface area (Å²) in [6.45, 7) is 0.639. The number of H-pyrrole nitrogens is 1. The van der Waals surface area contributed by atoms with Gasteiger partial charge in [0.25, 0.3) is 5.56 Å². The third-order valence-electron chi connectivity index (χ3n) is 5.84. The Hall–Kier alpha value is -3.78. The first-order valence-electron chi connectivity index (χ1n) is 10.3. The second kappa shape index (κ2) is 7.72. The molecule has 1 aliphatic rings. The van der Waals surface area contributed by atoms with Gasteiger partial charge in [-0.25, -0.2) is 4.98 Å². The Morgan fingerprint density at radius 2 is 1.88 bits per heavy atom. The van der Waals surface area contributed by atoms with Crippen LogP contribution in [0.3, 0.4) is 0 Å². The molecule has 5 rings (SSSR count). The molecule has 0 fully saturated rings. The van der Waals surface area contributed by atoms with Crippen LogP contribution in [-0.2, 0) is 0 Å². The Morgan fingerprint density at radius 1 is 1.09 bits per heavy atom. The fourth-order valence-corrected chi connectivity index (χ4v) is 4.22. The number of pyridine rings is 1. The molecule has 3 heterocycles. The largest absolute Gasteiger partial charge is 0.493 e. The van der Waals surface area contributed by atoms with Gasteiger partial charge >= 0.3 is 0 Å². The van der Waals surface area contributed by atoms with Crippen LogP contribution in [0.5, 0.6) is 5.75 Å². The van der Waals surface area contributed by atoms with Gasteiger partial charge in [0.15, 0.2) is 5.82 Å². The molecule has 2 aromatic heterocycles. The van der Waals surface area contributed by atoms with Crippen molar-refractivity contribution < 1.29 is 9.13 Å². The fraction of sp³-hybridized carbons (Fsp3) is 0.208. The summed E-state index contributed by atoms with van der Waals surface area (Å²) >= 11 is 0. The van der Waals surface area contributed by atoms with Crippen molar-refractivity contribution in [1.29, 1.82) is 0 Å². The standard InChI is InChI=1S/C24H22FN5O2/c1-30(2)18-8-10-32-19-6-4-15(12-17(18)19)20-22(25)29-23(26)21(28-20)14-3-5-16-13(11-14)7-9-27-24(16)31/h3-7,9,11-12,18H,8,10H2,1-2H3,(H2,26,29)(H,27,31)/t18-/m1/s1. The van der Waals surface area contributed by atoms with E-state index >= 15 is 0 Å². The second-order valence-electron chi connectivity index (χ2n) is 8.07. The van der Waals surface area contributed by atoms with Crippen molar-refractivity contribution in [3.05, 3.63) is 70.5 Å². The first-order valence-corrected chi connectivity index (χ1v) is 10.3. The van der Waals surface area contributed by atoms with E-state index in [1.165, 1.54) is 0 Å². The Morgan fingerprint density at radius 3 is 2.69 bits per heavy atom. The third-order valence-corrected chi connectivity index (χ3v) is 5.84. The molecule has 0 saturated heterocycles. The third kappa shape index (κ3) is 3.38. The van der Waals surface area contributed by atoms with Gasteiger partial charge < -0.3 is 20.4 Å². The van der Waals surface area contributed by atoms with Gasteiger partial charge in [0.1, 0.15) is 17.1 Å². The first kappa shape index (κ1) is 20.1. The number of fused-ring (bicyclic) bond motifs is 2. The molecule has 0 bridgehead atoms. The maximum absolute atomic E-state index is 14.9. The predicted molar refractivity (Wildman–Crippen MR) is 122 cm³/mol. The van der Waals surface area contributed by atoms with Crippen LogP contribution in [0.15, 0.2) is 53.5 Å². The molecule has 0 unspecified atom stereocenters. The number of nitrogens with zero attached hydrogens (tertiary/aromatic N) is 3. The van der Waals surface area contributed by atoms with Crippen LogP contribution in [0.2, 0.25) is 0 Å². The lowest BCUT2D eigenvalue weighted by Crippen LogP contribution is -2.26. The number of nitrogens with two attached hydrogens (primary N) is 1. The summed E-state index contributed by atoms with van der Waals surface area (Å²) in [4.78, 5) is 25.3. The van der Waals surface area contributed by atoms with Gasteiger partial charge in [-0.3, -0.25) is 4.79 Å². The lowest BCUT2D eigenvalue weighted by molar-refractivity contribution is 0.190. The van der Waals surface area contributed by atoms with E-state index < -0.39 is 5.95 Å². The Kier molecular flexibility index (Phi) is 4.86. The minimum atomic E-state index is -0.735. The van der Waals surface area contributed by atoms with Crippen molar-refractivity contribution in [2.45, 2.75) is 12.5 Å². The summed E-state index contributed by atoms with van der Waals surface area (Å²) < 4.78 is 20.7. The normalized spacial score (nSPS) is 15.6. The molecule has 162 valence electrons. The number of aromatic amines is 1. The zero-order chi connectivity index (χ0) is 22.4. The summed E-state index contributed by atoms with van der Waals surface area (Å²) in [6.07, 6.45) is 2.43. The summed E-state index contributed by atoms with van der Waals surface area (Å²) in [7, 11) is 4.03. The van der Waals surface area contributed by atoms with Crippen molar-refractivity contribution in [2.24, 2.45) is 0 Å². The molecule has 32 heavy (non-hydrogen) atoms. The van der Waals surface area contributed by atoms with Gasteiger partial charge in [-0.2, -0.15) is 9.37 Å². The molecule has 0 spiro atoms. The Balaban J connectivity index is 1.64. The van der Waals surface area contributed by atoms with Gasteiger partial charge in [-0.15, -0.1) is 0 Å². The molecule has 4 aromatic rings. The fourth-order valence-electron chi connectivity index (χ4n) is 4.22. The molecule has 7 nitrogen and oxygen atoms in total. The number of anilines is 1. The highest BCUT2D eigenvalue weighted by Crippen LogP contribution is 2.38. The maximum atomic E-state index is 14.9. The van der Waals surface area contributed by atoms with Crippen molar-refractivity contribution in [2.75, 3.05) is 26.4 Å². The van der Waals surface area contributed by atoms with Crippen LogP contribution in [0.4, 0.5) is 10.2 Å². The van der Waals surface area contributed by atoms with E-state index in [0.717, 1.165) is 23.1 Å². The SMILES string of the molecule is CN(C)[C@@H]1CCOc2ccc(-c3nc(-c4ccc5c(=O)[nH]ccc5c4)c(N)nc3F)cc21. The monoisotopic (exact) mass is 431 g/mol. The lowest BCUT2D eigenvalue weighted by atomic mass is 9.96. The minimum Gasteiger partial charge on any atom is -0.493 e. The van der Waals surface area contributed by atoms with Crippen LogP contribution in [0, 0.1) is 5.95 Å². The highest BCUT2D eigenvalue weighted by molar-refractivity contribution is 5.87. The molecule has 2 aromatic carbocycles. The smallest absolute Gasteiger partial charge is 0.255 e. The number of nitrogen functional groups attached to an aromatic ring is 1. The van der Waals surface area contributed by atoms with Crippen LogP contribution in [0.1, 0.15) is 18.0 Å². The van der Waals surface area contributed by atoms with E-state index in [1.807, 2.05) is 26.2 Å². The van der Waals surface area contributed by atoms with E-state index in [0.29, 0.717) is 28.8 Å². The lowest BCUT2D eigenvalue weighted by Gasteiger charge is -2.31. The molecule has 0 radical (unpaired) electrons. The molecule has 3 N–H and O–H groups in total. The number of rotatable bonds is 3. The minimum absolute atomic E-state index is 0.0112. The highest BCUT2D eigenvalue weighted by atomic mass is 19.1. The number of ether oxygens (including phenoxy) is 1. The number of aromatic nitrogens is 3. The summed E-state index contributed by atoms with van der Waals surface area (Å²) in [5.41, 5.74) is 8.58. The Labute approximate surface area is 183 Å². The predicted octanol–water partition coefficient (Wildman–Crippen LogP) is 3.76. The van der Waals surface area contributed by atoms with E-state index in [9.17, 15) is 9.18 Å². The summed E-state index contributed by atoms with van der Waals surface area (Å²) in [6, 6.07) is 12.7. The first-order chi connectivity index (χ1) is 15.4. The maximum Gasteiger partial charge on any atom is 0.255 e. The molecule has 0 saturated carbocycles. The molecule has 1 atom stereocenters. The highest BCUT2D eigenvalue weighted by Gasteiger charge is 2.25. The zero-order valence-corrected chi connectivity index (χ0v) is 17.7. The molecular weight excluding hydrogens is 409 g/mol. The molecule has 0 aliphatic carbocycles. The topological polar surface area (TPSA) is 97.1 Å². The van der Waals surface area contributed by atoms with Gasteiger partial charge in [-0.05, 0) is 55.9 Å². The quantitative estimate of drug-likeness (QED) is 0.513. The number of hydrogen-bond donors (Lipinski definition) is 2. The van der Waals surface area contributed by atoms with E-state index in [4.69, 9.17) is 10.5 Å². The second-order valence-corrected chi connectivity index (χ2v) is 8.07. The van der Waals surface area contributed by atoms with Crippen LogP contribution >= 0.6 is 0 Å². The number of halogens is 1. The van der Waals surface area contributed by atoms with Gasteiger partial charge in [0.2, 0.25) is 5.95 Å². The van der Waals surface area contributed by atoms with E-state index in [-0.39, 0.29) is 23.1 Å². The van der Waals surface area contributed by atoms with Crippen molar-refractivity contribution >= 4 is 16.6 Å². The summed E-state index contributed by atoms with van der Waals surface area (Å²) in [5, 5.41) is 1.28. The van der Waals surface area contributed by atoms with Gasteiger partial charge in [-0.1, -0.05) is 6.07 Å². The van der Waals surface area contributed by atoms with Crippen LogP contribution < -0.4 is 16.0 Å². The van der Waals surface area contributed by atoms with Crippen LogP contribution in [0.25, 0.3) is 33.3 Å². The van der Waals surface area contributed by atoms with Crippen molar-refractivity contribution in [1.82, 2.24) is 19.9 Å². The Bertz CT molecular complexity index is 1400. The van der Waals surface area contributed by atoms with Crippen LogP contribution in [-0.4, -0.2) is 40.6 Å². The number of hydrogen-bond acceptors (Lipinski definition) is 6. The molecule has 8 heteroatoms.